The zero-order valence-electron chi connectivity index (χ0n) is 9.65. The van der Waals surface area contributed by atoms with Crippen LogP contribution in [0.15, 0.2) is 0 Å². The molecule has 0 saturated carbocycles. The van der Waals surface area contributed by atoms with Gasteiger partial charge in [0.1, 0.15) is 0 Å². The highest BCUT2D eigenvalue weighted by Crippen LogP contribution is 2.14. The van der Waals surface area contributed by atoms with Gasteiger partial charge in [0.15, 0.2) is 0 Å². The molecule has 0 heterocycles. The van der Waals surface area contributed by atoms with Gasteiger partial charge in [0, 0.05) is 6.54 Å². The van der Waals surface area contributed by atoms with Crippen LogP contribution in [0, 0.1) is 11.3 Å². The minimum atomic E-state index is 0.436. The topological polar surface area (TPSA) is 3.24 Å². The van der Waals surface area contributed by atoms with Crippen molar-refractivity contribution >= 4 is 0 Å². The van der Waals surface area contributed by atoms with E-state index in [9.17, 15) is 0 Å². The first-order valence-corrected chi connectivity index (χ1v) is 5.00. The van der Waals surface area contributed by atoms with Gasteiger partial charge in [0.05, 0.1) is 0 Å². The maximum Gasteiger partial charge on any atom is 0.00270 e. The summed E-state index contributed by atoms with van der Waals surface area (Å²) in [7, 11) is 2.22. The second-order valence-electron chi connectivity index (χ2n) is 5.48. The van der Waals surface area contributed by atoms with E-state index in [-0.39, 0.29) is 0 Å². The van der Waals surface area contributed by atoms with E-state index in [1.165, 1.54) is 19.5 Å². The quantitative estimate of drug-likeness (QED) is 0.628. The highest BCUT2D eigenvalue weighted by atomic mass is 15.1. The zero-order valence-corrected chi connectivity index (χ0v) is 9.65. The molecule has 0 aromatic heterocycles. The van der Waals surface area contributed by atoms with Gasteiger partial charge in [-0.3, -0.25) is 0 Å². The van der Waals surface area contributed by atoms with Crippen LogP contribution in [-0.4, -0.2) is 25.0 Å². The summed E-state index contributed by atoms with van der Waals surface area (Å²) in [5.41, 5.74) is 0.436. The van der Waals surface area contributed by atoms with Crippen molar-refractivity contribution in [1.82, 2.24) is 4.90 Å². The summed E-state index contributed by atoms with van der Waals surface area (Å²) in [5.74, 6) is 0.826. The SMILES string of the molecule is CC(C)CCN(C)CC(C)(C)C. The van der Waals surface area contributed by atoms with Crippen molar-refractivity contribution in [3.8, 4) is 0 Å². The molecule has 0 aliphatic rings. The molecular formula is C11H25N. The third-order valence-corrected chi connectivity index (χ3v) is 1.83. The maximum atomic E-state index is 2.43. The molecule has 0 aliphatic heterocycles. The van der Waals surface area contributed by atoms with Gasteiger partial charge in [-0.25, -0.2) is 0 Å². The Bertz CT molecular complexity index is 111. The predicted molar refractivity (Wildman–Crippen MR) is 56.4 cm³/mol. The Morgan fingerprint density at radius 1 is 1.17 bits per heavy atom. The minimum Gasteiger partial charge on any atom is -0.306 e. The third-order valence-electron chi connectivity index (χ3n) is 1.83. The third kappa shape index (κ3) is 8.06. The molecule has 0 aromatic rings. The predicted octanol–water partition coefficient (Wildman–Crippen LogP) is 3.01. The average Bonchev–Trinajstić information content (AvgIpc) is 1.79. The lowest BCUT2D eigenvalue weighted by Crippen LogP contribution is -2.30. The second-order valence-corrected chi connectivity index (χ2v) is 5.48. The molecule has 0 aromatic carbocycles. The van der Waals surface area contributed by atoms with Crippen molar-refractivity contribution in [1.29, 1.82) is 0 Å². The number of nitrogens with zero attached hydrogens (tertiary/aromatic N) is 1. The van der Waals surface area contributed by atoms with Crippen LogP contribution in [-0.2, 0) is 0 Å². The van der Waals surface area contributed by atoms with Gasteiger partial charge < -0.3 is 4.90 Å². The molecule has 0 radical (unpaired) electrons. The van der Waals surface area contributed by atoms with Crippen molar-refractivity contribution in [3.63, 3.8) is 0 Å². The zero-order chi connectivity index (χ0) is 9.78. The summed E-state index contributed by atoms with van der Waals surface area (Å²) in [4.78, 5) is 2.43. The molecule has 0 bridgehead atoms. The monoisotopic (exact) mass is 171 g/mol. The van der Waals surface area contributed by atoms with Crippen molar-refractivity contribution in [2.45, 2.75) is 41.0 Å². The standard InChI is InChI=1S/C11H25N/c1-10(2)7-8-12(6)9-11(3,4)5/h10H,7-9H2,1-6H3. The van der Waals surface area contributed by atoms with Crippen LogP contribution < -0.4 is 0 Å². The number of hydrogen-bond donors (Lipinski definition) is 0. The fourth-order valence-corrected chi connectivity index (χ4v) is 1.37. The summed E-state index contributed by atoms with van der Waals surface area (Å²) in [6.45, 7) is 13.9. The van der Waals surface area contributed by atoms with Gasteiger partial charge >= 0.3 is 0 Å². The van der Waals surface area contributed by atoms with E-state index in [2.05, 4.69) is 46.6 Å². The van der Waals surface area contributed by atoms with Crippen LogP contribution in [0.4, 0.5) is 0 Å². The summed E-state index contributed by atoms with van der Waals surface area (Å²) in [6.07, 6.45) is 1.31. The lowest BCUT2D eigenvalue weighted by molar-refractivity contribution is 0.218. The largest absolute Gasteiger partial charge is 0.306 e. The second kappa shape index (κ2) is 4.86. The summed E-state index contributed by atoms with van der Waals surface area (Å²) in [5, 5.41) is 0. The number of hydrogen-bond acceptors (Lipinski definition) is 1. The normalized spacial score (nSPS) is 13.0. The first-order chi connectivity index (χ1) is 5.31. The molecule has 0 amide bonds. The van der Waals surface area contributed by atoms with Gasteiger partial charge in [-0.2, -0.15) is 0 Å². The fraction of sp³-hybridized carbons (Fsp3) is 1.00. The summed E-state index contributed by atoms with van der Waals surface area (Å²) in [6, 6.07) is 0. The molecule has 74 valence electrons. The first kappa shape index (κ1) is 12.0. The van der Waals surface area contributed by atoms with Gasteiger partial charge in [-0.15, -0.1) is 0 Å². The Morgan fingerprint density at radius 3 is 2.00 bits per heavy atom. The Morgan fingerprint density at radius 2 is 1.67 bits per heavy atom. The molecule has 1 heteroatoms. The molecule has 12 heavy (non-hydrogen) atoms. The Kier molecular flexibility index (Phi) is 4.84. The molecule has 0 aliphatic carbocycles. The Labute approximate surface area is 78.1 Å². The maximum absolute atomic E-state index is 2.43. The smallest absolute Gasteiger partial charge is 0.00270 e. The van der Waals surface area contributed by atoms with E-state index < -0.39 is 0 Å². The molecule has 0 rings (SSSR count). The highest BCUT2D eigenvalue weighted by Gasteiger charge is 2.12. The first-order valence-electron chi connectivity index (χ1n) is 5.00. The minimum absolute atomic E-state index is 0.436. The van der Waals surface area contributed by atoms with Crippen molar-refractivity contribution in [2.75, 3.05) is 20.1 Å². The van der Waals surface area contributed by atoms with E-state index in [1.54, 1.807) is 0 Å². The van der Waals surface area contributed by atoms with Crippen molar-refractivity contribution in [3.05, 3.63) is 0 Å². The van der Waals surface area contributed by atoms with Gasteiger partial charge in [-0.05, 0) is 31.3 Å². The lowest BCUT2D eigenvalue weighted by atomic mass is 9.96. The van der Waals surface area contributed by atoms with E-state index in [1.807, 2.05) is 0 Å². The van der Waals surface area contributed by atoms with Crippen molar-refractivity contribution < 1.29 is 0 Å². The van der Waals surface area contributed by atoms with Gasteiger partial charge in [-0.1, -0.05) is 34.6 Å². The molecule has 0 N–H and O–H groups in total. The van der Waals surface area contributed by atoms with Gasteiger partial charge in [0.2, 0.25) is 0 Å². The fourth-order valence-electron chi connectivity index (χ4n) is 1.37. The van der Waals surface area contributed by atoms with Crippen LogP contribution in [0.25, 0.3) is 0 Å². The molecule has 1 nitrogen and oxygen atoms in total. The molecule has 0 spiro atoms. The molecule has 0 unspecified atom stereocenters. The molecular weight excluding hydrogens is 146 g/mol. The number of rotatable bonds is 4. The van der Waals surface area contributed by atoms with Crippen molar-refractivity contribution in [2.24, 2.45) is 11.3 Å². The highest BCUT2D eigenvalue weighted by molar-refractivity contribution is 4.66. The molecule has 0 atom stereocenters. The lowest BCUT2D eigenvalue weighted by Gasteiger charge is -2.26. The average molecular weight is 171 g/mol. The Balaban J connectivity index is 3.53. The Hall–Kier alpha value is -0.0400. The summed E-state index contributed by atoms with van der Waals surface area (Å²) < 4.78 is 0. The van der Waals surface area contributed by atoms with Crippen LogP contribution in [0.1, 0.15) is 41.0 Å². The molecule has 0 fully saturated rings. The van der Waals surface area contributed by atoms with Crippen LogP contribution >= 0.6 is 0 Å². The van der Waals surface area contributed by atoms with E-state index in [0.717, 1.165) is 5.92 Å². The molecule has 0 saturated heterocycles. The van der Waals surface area contributed by atoms with E-state index in [0.29, 0.717) is 5.41 Å². The van der Waals surface area contributed by atoms with Crippen LogP contribution in [0.3, 0.4) is 0 Å². The van der Waals surface area contributed by atoms with E-state index >= 15 is 0 Å². The summed E-state index contributed by atoms with van der Waals surface area (Å²) >= 11 is 0. The van der Waals surface area contributed by atoms with Crippen LogP contribution in [0.2, 0.25) is 0 Å². The van der Waals surface area contributed by atoms with Gasteiger partial charge in [0.25, 0.3) is 0 Å². The van der Waals surface area contributed by atoms with Crippen LogP contribution in [0.5, 0.6) is 0 Å². The van der Waals surface area contributed by atoms with E-state index in [4.69, 9.17) is 0 Å².